The summed E-state index contributed by atoms with van der Waals surface area (Å²) < 4.78 is 0. The molecule has 0 radical (unpaired) electrons. The summed E-state index contributed by atoms with van der Waals surface area (Å²) >= 11 is 0. The summed E-state index contributed by atoms with van der Waals surface area (Å²) in [7, 11) is 2.08. The smallest absolute Gasteiger partial charge is 0.229 e. The predicted octanol–water partition coefficient (Wildman–Crippen LogP) is 4.38. The van der Waals surface area contributed by atoms with Crippen molar-refractivity contribution in [3.63, 3.8) is 0 Å². The number of unbranched alkanes of at least 4 members (excludes halogenated alkanes) is 1. The minimum absolute atomic E-state index is 0.659. The quantitative estimate of drug-likeness (QED) is 0.859. The summed E-state index contributed by atoms with van der Waals surface area (Å²) in [6.45, 7) is 9.44. The van der Waals surface area contributed by atoms with Gasteiger partial charge in [0.15, 0.2) is 0 Å². The lowest BCUT2D eigenvalue weighted by Crippen LogP contribution is -2.20. The number of hydrogen-bond acceptors (Lipinski definition) is 4. The van der Waals surface area contributed by atoms with Crippen LogP contribution in [0.2, 0.25) is 0 Å². The van der Waals surface area contributed by atoms with Crippen molar-refractivity contribution in [1.29, 1.82) is 0 Å². The van der Waals surface area contributed by atoms with Gasteiger partial charge in [0.2, 0.25) is 5.95 Å². The van der Waals surface area contributed by atoms with Crippen LogP contribution in [0.3, 0.4) is 0 Å². The maximum atomic E-state index is 4.66. The second kappa shape index (κ2) is 7.25. The second-order valence-electron chi connectivity index (χ2n) is 5.84. The largest absolute Gasteiger partial charge is 0.360 e. The third-order valence-corrected chi connectivity index (χ3v) is 3.93. The van der Waals surface area contributed by atoms with Crippen molar-refractivity contribution in [3.05, 3.63) is 41.1 Å². The van der Waals surface area contributed by atoms with E-state index < -0.39 is 0 Å². The first-order valence-corrected chi connectivity index (χ1v) is 7.91. The summed E-state index contributed by atoms with van der Waals surface area (Å²) in [6, 6.07) is 8.26. The molecular formula is C18H26N4. The first kappa shape index (κ1) is 16.3. The lowest BCUT2D eigenvalue weighted by atomic mass is 10.1. The van der Waals surface area contributed by atoms with Crippen LogP contribution in [-0.2, 0) is 0 Å². The Morgan fingerprint density at radius 1 is 1.14 bits per heavy atom. The Labute approximate surface area is 133 Å². The van der Waals surface area contributed by atoms with Crippen molar-refractivity contribution in [2.45, 2.75) is 40.5 Å². The monoisotopic (exact) mass is 298 g/mol. The van der Waals surface area contributed by atoms with Gasteiger partial charge in [-0.15, -0.1) is 0 Å². The highest BCUT2D eigenvalue weighted by atomic mass is 15.2. The van der Waals surface area contributed by atoms with E-state index in [1.807, 2.05) is 13.0 Å². The fourth-order valence-electron chi connectivity index (χ4n) is 2.32. The molecule has 1 aromatic heterocycles. The van der Waals surface area contributed by atoms with Gasteiger partial charge in [0, 0.05) is 31.0 Å². The van der Waals surface area contributed by atoms with E-state index in [0.717, 1.165) is 23.7 Å². The first-order chi connectivity index (χ1) is 10.5. The Hall–Kier alpha value is -2.10. The molecular weight excluding hydrogens is 272 g/mol. The van der Waals surface area contributed by atoms with Gasteiger partial charge in [-0.3, -0.25) is 0 Å². The van der Waals surface area contributed by atoms with Crippen LogP contribution in [0.4, 0.5) is 17.5 Å². The van der Waals surface area contributed by atoms with E-state index in [9.17, 15) is 0 Å². The zero-order chi connectivity index (χ0) is 16.1. The zero-order valence-corrected chi connectivity index (χ0v) is 14.3. The zero-order valence-electron chi connectivity index (χ0n) is 14.3. The molecule has 0 unspecified atom stereocenters. The van der Waals surface area contributed by atoms with Gasteiger partial charge < -0.3 is 10.2 Å². The number of aromatic nitrogens is 2. The summed E-state index contributed by atoms with van der Waals surface area (Å²) in [6.07, 6.45) is 2.35. The summed E-state index contributed by atoms with van der Waals surface area (Å²) in [5.41, 5.74) is 4.53. The normalized spacial score (nSPS) is 10.6. The minimum Gasteiger partial charge on any atom is -0.360 e. The number of nitrogens with zero attached hydrogens (tertiary/aromatic N) is 3. The number of aryl methyl sites for hydroxylation is 2. The van der Waals surface area contributed by atoms with Gasteiger partial charge in [-0.25, -0.2) is 4.98 Å². The van der Waals surface area contributed by atoms with Gasteiger partial charge in [0.05, 0.1) is 0 Å². The van der Waals surface area contributed by atoms with Crippen LogP contribution < -0.4 is 10.2 Å². The minimum atomic E-state index is 0.659. The molecule has 0 aliphatic carbocycles. The van der Waals surface area contributed by atoms with E-state index in [1.165, 1.54) is 24.0 Å². The van der Waals surface area contributed by atoms with E-state index in [2.05, 4.69) is 66.2 Å². The summed E-state index contributed by atoms with van der Waals surface area (Å²) in [5, 5.41) is 3.36. The number of benzene rings is 1. The van der Waals surface area contributed by atoms with Crippen LogP contribution in [-0.4, -0.2) is 23.6 Å². The molecule has 0 saturated carbocycles. The van der Waals surface area contributed by atoms with Crippen molar-refractivity contribution in [2.24, 2.45) is 0 Å². The molecule has 4 nitrogen and oxygen atoms in total. The van der Waals surface area contributed by atoms with Crippen LogP contribution in [0.1, 0.15) is 36.6 Å². The maximum absolute atomic E-state index is 4.66. The van der Waals surface area contributed by atoms with E-state index in [0.29, 0.717) is 5.95 Å². The molecule has 0 fully saturated rings. The van der Waals surface area contributed by atoms with E-state index >= 15 is 0 Å². The predicted molar refractivity (Wildman–Crippen MR) is 94.1 cm³/mol. The Morgan fingerprint density at radius 2 is 1.91 bits per heavy atom. The Bertz CT molecular complexity index is 637. The summed E-state index contributed by atoms with van der Waals surface area (Å²) in [5.74, 6) is 1.63. The van der Waals surface area contributed by atoms with E-state index in [-0.39, 0.29) is 0 Å². The molecule has 0 saturated heterocycles. The molecule has 118 valence electrons. The SMILES string of the molecule is CCCCN(C)c1cc(C)nc(Nc2cccc(C)c2C)n1. The Morgan fingerprint density at radius 3 is 2.64 bits per heavy atom. The van der Waals surface area contributed by atoms with Crippen LogP contribution in [0.5, 0.6) is 0 Å². The molecule has 1 aromatic carbocycles. The Kier molecular flexibility index (Phi) is 5.36. The molecule has 2 rings (SSSR count). The topological polar surface area (TPSA) is 41.1 Å². The Balaban J connectivity index is 2.24. The standard InChI is InChI=1S/C18H26N4/c1-6-7-11-22(5)17-12-14(3)19-18(21-17)20-16-10-8-9-13(2)15(16)4/h8-10,12H,6-7,11H2,1-5H3,(H,19,20,21). The molecule has 4 heteroatoms. The average Bonchev–Trinajstić information content (AvgIpc) is 2.49. The van der Waals surface area contributed by atoms with Gasteiger partial charge in [-0.2, -0.15) is 4.98 Å². The van der Waals surface area contributed by atoms with Crippen molar-refractivity contribution < 1.29 is 0 Å². The fourth-order valence-corrected chi connectivity index (χ4v) is 2.32. The highest BCUT2D eigenvalue weighted by Gasteiger charge is 2.08. The van der Waals surface area contributed by atoms with Gasteiger partial charge in [0.25, 0.3) is 0 Å². The molecule has 0 spiro atoms. The number of nitrogens with one attached hydrogen (secondary N) is 1. The van der Waals surface area contributed by atoms with Crippen molar-refractivity contribution >= 4 is 17.5 Å². The average molecular weight is 298 g/mol. The number of hydrogen-bond donors (Lipinski definition) is 1. The molecule has 0 aliphatic rings. The maximum Gasteiger partial charge on any atom is 0.229 e. The number of rotatable bonds is 6. The third-order valence-electron chi connectivity index (χ3n) is 3.93. The van der Waals surface area contributed by atoms with Gasteiger partial charge >= 0.3 is 0 Å². The lowest BCUT2D eigenvalue weighted by molar-refractivity contribution is 0.758. The van der Waals surface area contributed by atoms with Gasteiger partial charge in [-0.1, -0.05) is 25.5 Å². The molecule has 22 heavy (non-hydrogen) atoms. The highest BCUT2D eigenvalue weighted by molar-refractivity contribution is 5.61. The lowest BCUT2D eigenvalue weighted by Gasteiger charge is -2.19. The third kappa shape index (κ3) is 3.97. The van der Waals surface area contributed by atoms with E-state index in [4.69, 9.17) is 0 Å². The van der Waals surface area contributed by atoms with Gasteiger partial charge in [-0.05, 0) is 44.4 Å². The molecule has 1 heterocycles. The van der Waals surface area contributed by atoms with Crippen molar-refractivity contribution in [2.75, 3.05) is 23.8 Å². The van der Waals surface area contributed by atoms with Gasteiger partial charge in [0.1, 0.15) is 5.82 Å². The molecule has 2 aromatic rings. The molecule has 0 bridgehead atoms. The van der Waals surface area contributed by atoms with E-state index in [1.54, 1.807) is 0 Å². The van der Waals surface area contributed by atoms with Crippen LogP contribution >= 0.6 is 0 Å². The van der Waals surface area contributed by atoms with Crippen molar-refractivity contribution in [1.82, 2.24) is 9.97 Å². The second-order valence-corrected chi connectivity index (χ2v) is 5.84. The molecule has 0 atom stereocenters. The highest BCUT2D eigenvalue weighted by Crippen LogP contribution is 2.22. The summed E-state index contributed by atoms with van der Waals surface area (Å²) in [4.78, 5) is 11.4. The molecule has 0 aliphatic heterocycles. The van der Waals surface area contributed by atoms with Crippen molar-refractivity contribution in [3.8, 4) is 0 Å². The number of anilines is 3. The molecule has 1 N–H and O–H groups in total. The molecule has 0 amide bonds. The van der Waals surface area contributed by atoms with Crippen LogP contribution in [0.25, 0.3) is 0 Å². The fraction of sp³-hybridized carbons (Fsp3) is 0.444. The van der Waals surface area contributed by atoms with Crippen LogP contribution in [0.15, 0.2) is 24.3 Å². The van der Waals surface area contributed by atoms with Crippen LogP contribution in [0, 0.1) is 20.8 Å². The first-order valence-electron chi connectivity index (χ1n) is 7.91.